The van der Waals surface area contributed by atoms with E-state index in [1.54, 1.807) is 34.6 Å². The summed E-state index contributed by atoms with van der Waals surface area (Å²) < 4.78 is 24.5. The summed E-state index contributed by atoms with van der Waals surface area (Å²) in [6, 6.07) is 23.3. The van der Waals surface area contributed by atoms with Crippen molar-refractivity contribution in [3.05, 3.63) is 121 Å². The van der Waals surface area contributed by atoms with Gasteiger partial charge in [-0.25, -0.2) is 9.79 Å². The van der Waals surface area contributed by atoms with Gasteiger partial charge in [0.15, 0.2) is 11.4 Å². The fourth-order valence-corrected chi connectivity index (χ4v) is 6.62. The van der Waals surface area contributed by atoms with Gasteiger partial charge in [-0.1, -0.05) is 65.9 Å². The van der Waals surface area contributed by atoms with Crippen LogP contribution in [0.4, 0.5) is 0 Å². The van der Waals surface area contributed by atoms with Crippen molar-refractivity contribution >= 4 is 35.0 Å². The topological polar surface area (TPSA) is 109 Å². The number of esters is 1. The number of ether oxygens (including phenoxy) is 4. The summed E-state index contributed by atoms with van der Waals surface area (Å²) in [6.07, 6.45) is 1.78. The standard InChI is InChI=1S/C37H37N3O7S/c1-4-45-36(43)32-33(26-8-6-5-7-9-26)38-37-40(34(32)27-12-16-29(17-13-27)47-24(2)3)35(42)30(48-37)22-25-10-14-28(15-11-25)46-23-31(41)39-18-20-44-21-19-39/h5-17,22,24,34H,4,18-21,23H2,1-3H3/b30-22-/t34-/m0/s1. The Bertz CT molecular complexity index is 1980. The molecule has 11 heteroatoms. The lowest BCUT2D eigenvalue weighted by Gasteiger charge is -2.26. The zero-order valence-corrected chi connectivity index (χ0v) is 27.9. The Morgan fingerprint density at radius 3 is 2.33 bits per heavy atom. The zero-order valence-electron chi connectivity index (χ0n) is 27.1. The minimum absolute atomic E-state index is 0.00796. The molecule has 1 amide bonds. The van der Waals surface area contributed by atoms with E-state index in [9.17, 15) is 14.4 Å². The largest absolute Gasteiger partial charge is 0.491 e. The molecule has 0 bridgehead atoms. The molecule has 0 saturated carbocycles. The van der Waals surface area contributed by atoms with Gasteiger partial charge in [-0.2, -0.15) is 0 Å². The lowest BCUT2D eigenvalue weighted by Crippen LogP contribution is -2.42. The van der Waals surface area contributed by atoms with Gasteiger partial charge in [-0.3, -0.25) is 14.2 Å². The number of hydrogen-bond donors (Lipinski definition) is 0. The second-order valence-corrected chi connectivity index (χ2v) is 12.5. The van der Waals surface area contributed by atoms with Gasteiger partial charge in [-0.15, -0.1) is 0 Å². The fraction of sp³-hybridized carbons (Fsp3) is 0.297. The maximum Gasteiger partial charge on any atom is 0.338 e. The lowest BCUT2D eigenvalue weighted by molar-refractivity contribution is -0.139. The fourth-order valence-electron chi connectivity index (χ4n) is 5.62. The van der Waals surface area contributed by atoms with Crippen molar-refractivity contribution in [3.8, 4) is 11.5 Å². The highest BCUT2D eigenvalue weighted by atomic mass is 32.1. The van der Waals surface area contributed by atoms with Gasteiger partial charge >= 0.3 is 5.97 Å². The van der Waals surface area contributed by atoms with Crippen LogP contribution in [0.5, 0.6) is 11.5 Å². The molecular formula is C37H37N3O7S. The van der Waals surface area contributed by atoms with E-state index in [0.717, 1.165) is 16.7 Å². The van der Waals surface area contributed by atoms with Crippen molar-refractivity contribution in [3.63, 3.8) is 0 Å². The quantitative estimate of drug-likeness (QED) is 0.236. The van der Waals surface area contributed by atoms with Crippen LogP contribution in [-0.4, -0.2) is 67.0 Å². The van der Waals surface area contributed by atoms with Gasteiger partial charge in [0, 0.05) is 18.7 Å². The molecule has 3 heterocycles. The van der Waals surface area contributed by atoms with E-state index in [1.165, 1.54) is 11.3 Å². The Hall–Kier alpha value is -5.00. The summed E-state index contributed by atoms with van der Waals surface area (Å²) in [5, 5.41) is 0. The average Bonchev–Trinajstić information content (AvgIpc) is 3.42. The predicted octanol–water partition coefficient (Wildman–Crippen LogP) is 3.96. The van der Waals surface area contributed by atoms with E-state index in [2.05, 4.69) is 0 Å². The normalized spacial score (nSPS) is 16.4. The summed E-state index contributed by atoms with van der Waals surface area (Å²) in [4.78, 5) is 47.4. The van der Waals surface area contributed by atoms with Crippen molar-refractivity contribution in [2.45, 2.75) is 32.9 Å². The van der Waals surface area contributed by atoms with Gasteiger partial charge in [0.2, 0.25) is 0 Å². The smallest absolute Gasteiger partial charge is 0.338 e. The van der Waals surface area contributed by atoms with Crippen LogP contribution in [0.15, 0.2) is 94.2 Å². The van der Waals surface area contributed by atoms with Crippen molar-refractivity contribution < 1.29 is 28.5 Å². The number of carbonyl (C=O) groups excluding carboxylic acids is 2. The number of morpholine rings is 1. The number of thiazole rings is 1. The zero-order chi connectivity index (χ0) is 33.6. The first-order valence-electron chi connectivity index (χ1n) is 16.0. The molecule has 1 aromatic heterocycles. The Balaban J connectivity index is 1.38. The van der Waals surface area contributed by atoms with Crippen LogP contribution in [0.25, 0.3) is 11.8 Å². The highest BCUT2D eigenvalue weighted by Gasteiger charge is 2.35. The minimum atomic E-state index is -0.787. The Morgan fingerprint density at radius 1 is 0.979 bits per heavy atom. The SMILES string of the molecule is CCOC(=O)C1=C(c2ccccc2)N=c2s/c(=C\c3ccc(OCC(=O)N4CCOCC4)cc3)c(=O)n2[C@H]1c1ccc(OC(C)C)cc1. The van der Waals surface area contributed by atoms with Gasteiger partial charge in [0.05, 0.1) is 47.8 Å². The molecule has 2 aliphatic rings. The molecule has 6 rings (SSSR count). The molecule has 4 aromatic rings. The Labute approximate surface area is 282 Å². The van der Waals surface area contributed by atoms with Gasteiger partial charge in [0.1, 0.15) is 11.5 Å². The molecule has 1 fully saturated rings. The van der Waals surface area contributed by atoms with E-state index in [0.29, 0.717) is 52.8 Å². The van der Waals surface area contributed by atoms with Crippen molar-refractivity contribution in [2.24, 2.45) is 4.99 Å². The third-order valence-electron chi connectivity index (χ3n) is 7.85. The summed E-state index contributed by atoms with van der Waals surface area (Å²) >= 11 is 1.25. The maximum absolute atomic E-state index is 14.2. The van der Waals surface area contributed by atoms with E-state index in [1.807, 2.05) is 80.6 Å². The number of fused-ring (bicyclic) bond motifs is 1. The van der Waals surface area contributed by atoms with E-state index in [4.69, 9.17) is 23.9 Å². The molecule has 1 saturated heterocycles. The number of amides is 1. The first-order valence-corrected chi connectivity index (χ1v) is 16.8. The number of carbonyl (C=O) groups is 2. The second kappa shape index (κ2) is 14.8. The third-order valence-corrected chi connectivity index (χ3v) is 8.83. The lowest BCUT2D eigenvalue weighted by atomic mass is 9.93. The van der Waals surface area contributed by atoms with Crippen LogP contribution in [0.2, 0.25) is 0 Å². The Kier molecular flexibility index (Phi) is 10.2. The number of nitrogens with zero attached hydrogens (tertiary/aromatic N) is 3. The summed E-state index contributed by atoms with van der Waals surface area (Å²) in [7, 11) is 0. The van der Waals surface area contributed by atoms with Crippen LogP contribution in [-0.2, 0) is 19.1 Å². The number of aromatic nitrogens is 1. The first-order chi connectivity index (χ1) is 23.3. The molecule has 2 aliphatic heterocycles. The molecule has 10 nitrogen and oxygen atoms in total. The molecule has 48 heavy (non-hydrogen) atoms. The summed E-state index contributed by atoms with van der Waals surface area (Å²) in [5.74, 6) is 0.609. The monoisotopic (exact) mass is 667 g/mol. The third kappa shape index (κ3) is 7.27. The van der Waals surface area contributed by atoms with E-state index < -0.39 is 12.0 Å². The van der Waals surface area contributed by atoms with Crippen LogP contribution >= 0.6 is 11.3 Å². The highest BCUT2D eigenvalue weighted by Crippen LogP contribution is 2.35. The molecular weight excluding hydrogens is 630 g/mol. The number of benzene rings is 3. The minimum Gasteiger partial charge on any atom is -0.491 e. The maximum atomic E-state index is 14.2. The number of rotatable bonds is 10. The second-order valence-electron chi connectivity index (χ2n) is 11.5. The molecule has 0 unspecified atom stereocenters. The van der Waals surface area contributed by atoms with Gasteiger partial charge in [-0.05, 0) is 62.2 Å². The van der Waals surface area contributed by atoms with Crippen molar-refractivity contribution in [1.82, 2.24) is 9.47 Å². The molecule has 3 aromatic carbocycles. The van der Waals surface area contributed by atoms with Crippen LogP contribution in [0.1, 0.15) is 43.5 Å². The molecule has 248 valence electrons. The van der Waals surface area contributed by atoms with Crippen molar-refractivity contribution in [1.29, 1.82) is 0 Å². The van der Waals surface area contributed by atoms with Crippen LogP contribution in [0, 0.1) is 0 Å². The highest BCUT2D eigenvalue weighted by molar-refractivity contribution is 7.07. The van der Waals surface area contributed by atoms with Gasteiger partial charge in [0.25, 0.3) is 11.5 Å². The Morgan fingerprint density at radius 2 is 1.67 bits per heavy atom. The molecule has 0 N–H and O–H groups in total. The van der Waals surface area contributed by atoms with Crippen LogP contribution in [0.3, 0.4) is 0 Å². The summed E-state index contributed by atoms with van der Waals surface area (Å²) in [6.45, 7) is 7.95. The van der Waals surface area contributed by atoms with Crippen LogP contribution < -0.4 is 24.4 Å². The van der Waals surface area contributed by atoms with E-state index in [-0.39, 0.29) is 36.4 Å². The average molecular weight is 668 g/mol. The molecule has 0 aliphatic carbocycles. The first kappa shape index (κ1) is 32.9. The molecule has 0 spiro atoms. The van der Waals surface area contributed by atoms with E-state index >= 15 is 0 Å². The molecule has 1 atom stereocenters. The van der Waals surface area contributed by atoms with Gasteiger partial charge < -0.3 is 23.8 Å². The summed E-state index contributed by atoms with van der Waals surface area (Å²) in [5.41, 5.74) is 2.70. The number of hydrogen-bond acceptors (Lipinski definition) is 9. The molecule has 0 radical (unpaired) electrons. The predicted molar refractivity (Wildman–Crippen MR) is 183 cm³/mol. The van der Waals surface area contributed by atoms with Crippen molar-refractivity contribution in [2.75, 3.05) is 39.5 Å².